The number of hydrogen-bond acceptors (Lipinski definition) is 2. The van der Waals surface area contributed by atoms with Gasteiger partial charge in [-0.25, -0.2) is 8.78 Å². The summed E-state index contributed by atoms with van der Waals surface area (Å²) in [5.74, 6) is -1.69. The molecule has 2 aromatic carbocycles. The molecule has 0 unspecified atom stereocenters. The van der Waals surface area contributed by atoms with Gasteiger partial charge in [0.1, 0.15) is 11.6 Å². The number of halogens is 4. The minimum absolute atomic E-state index is 0.131. The van der Waals surface area contributed by atoms with E-state index in [1.807, 2.05) is 0 Å². The van der Waals surface area contributed by atoms with Gasteiger partial charge in [0.05, 0.1) is 17.1 Å². The minimum atomic E-state index is -0.606. The second kappa shape index (κ2) is 7.90. The molecule has 1 aromatic heterocycles. The van der Waals surface area contributed by atoms with Crippen LogP contribution in [0.3, 0.4) is 0 Å². The molecule has 4 nitrogen and oxygen atoms in total. The standard InChI is InChI=1S/C19H12Cl2F2N2O2/c20-14-2-1-3-16(22)13(14)10-25-9-11(4-7-18(25)26)19(27)24-12-5-6-17(23)15(21)8-12/h1-9H,10H2,(H,24,27). The second-order valence-corrected chi connectivity index (χ2v) is 6.48. The summed E-state index contributed by atoms with van der Waals surface area (Å²) >= 11 is 11.7. The normalized spacial score (nSPS) is 10.7. The summed E-state index contributed by atoms with van der Waals surface area (Å²) in [4.78, 5) is 24.5. The van der Waals surface area contributed by atoms with Crippen molar-refractivity contribution >= 4 is 34.8 Å². The van der Waals surface area contributed by atoms with E-state index < -0.39 is 23.1 Å². The number of benzene rings is 2. The summed E-state index contributed by atoms with van der Waals surface area (Å²) in [5.41, 5.74) is 0.170. The molecule has 0 bridgehead atoms. The number of nitrogens with zero attached hydrogens (tertiary/aromatic N) is 1. The van der Waals surface area contributed by atoms with Crippen LogP contribution >= 0.6 is 23.2 Å². The van der Waals surface area contributed by atoms with Crippen molar-refractivity contribution in [1.29, 1.82) is 0 Å². The molecule has 0 radical (unpaired) electrons. The van der Waals surface area contributed by atoms with Crippen LogP contribution in [0.2, 0.25) is 10.0 Å². The smallest absolute Gasteiger partial charge is 0.257 e. The lowest BCUT2D eigenvalue weighted by atomic mass is 10.2. The van der Waals surface area contributed by atoms with Crippen LogP contribution in [0, 0.1) is 11.6 Å². The molecule has 3 rings (SSSR count). The van der Waals surface area contributed by atoms with Gasteiger partial charge >= 0.3 is 0 Å². The molecule has 3 aromatic rings. The van der Waals surface area contributed by atoms with Crippen molar-refractivity contribution in [3.8, 4) is 0 Å². The molecule has 138 valence electrons. The van der Waals surface area contributed by atoms with Crippen LogP contribution in [0.4, 0.5) is 14.5 Å². The molecule has 0 spiro atoms. The molecule has 0 saturated carbocycles. The first-order chi connectivity index (χ1) is 12.8. The Kier molecular flexibility index (Phi) is 5.58. The van der Waals surface area contributed by atoms with Crippen molar-refractivity contribution in [3.05, 3.63) is 97.9 Å². The van der Waals surface area contributed by atoms with Gasteiger partial charge in [-0.1, -0.05) is 29.3 Å². The monoisotopic (exact) mass is 408 g/mol. The van der Waals surface area contributed by atoms with E-state index in [9.17, 15) is 18.4 Å². The minimum Gasteiger partial charge on any atom is -0.322 e. The summed E-state index contributed by atoms with van der Waals surface area (Å²) in [5, 5.41) is 2.60. The third kappa shape index (κ3) is 4.35. The fourth-order valence-electron chi connectivity index (χ4n) is 2.42. The van der Waals surface area contributed by atoms with Gasteiger partial charge in [0.25, 0.3) is 11.5 Å². The highest BCUT2D eigenvalue weighted by Gasteiger charge is 2.12. The third-order valence-electron chi connectivity index (χ3n) is 3.81. The summed E-state index contributed by atoms with van der Waals surface area (Å²) in [6, 6.07) is 10.5. The predicted octanol–water partition coefficient (Wildman–Crippen LogP) is 4.73. The van der Waals surface area contributed by atoms with Gasteiger partial charge in [0.15, 0.2) is 0 Å². The molecule has 8 heteroatoms. The van der Waals surface area contributed by atoms with Crippen molar-refractivity contribution in [2.24, 2.45) is 0 Å². The van der Waals surface area contributed by atoms with Crippen LogP contribution in [-0.2, 0) is 6.54 Å². The Morgan fingerprint density at radius 1 is 1.00 bits per heavy atom. The van der Waals surface area contributed by atoms with Crippen LogP contribution < -0.4 is 10.9 Å². The van der Waals surface area contributed by atoms with E-state index in [-0.39, 0.29) is 27.7 Å². The number of amides is 1. The maximum absolute atomic E-state index is 14.0. The molecule has 0 saturated heterocycles. The van der Waals surface area contributed by atoms with Crippen LogP contribution in [0.5, 0.6) is 0 Å². The molecular formula is C19H12Cl2F2N2O2. The maximum Gasteiger partial charge on any atom is 0.257 e. The van der Waals surface area contributed by atoms with Crippen LogP contribution in [0.25, 0.3) is 0 Å². The molecule has 1 amide bonds. The van der Waals surface area contributed by atoms with Crippen LogP contribution in [0.15, 0.2) is 59.5 Å². The Morgan fingerprint density at radius 2 is 1.78 bits per heavy atom. The number of carbonyl (C=O) groups is 1. The van der Waals surface area contributed by atoms with E-state index in [1.54, 1.807) is 0 Å². The number of anilines is 1. The average Bonchev–Trinajstić information content (AvgIpc) is 2.63. The van der Waals surface area contributed by atoms with Gasteiger partial charge in [0, 0.05) is 28.5 Å². The molecule has 0 aliphatic carbocycles. The SMILES string of the molecule is O=C(Nc1ccc(F)c(Cl)c1)c1ccc(=O)n(Cc2c(F)cccc2Cl)c1. The van der Waals surface area contributed by atoms with Gasteiger partial charge in [-0.3, -0.25) is 9.59 Å². The van der Waals surface area contributed by atoms with Crippen molar-refractivity contribution in [3.63, 3.8) is 0 Å². The van der Waals surface area contributed by atoms with Gasteiger partial charge in [-0.15, -0.1) is 0 Å². The second-order valence-electron chi connectivity index (χ2n) is 5.67. The van der Waals surface area contributed by atoms with Gasteiger partial charge in [-0.05, 0) is 36.4 Å². The Hall–Kier alpha value is -2.70. The van der Waals surface area contributed by atoms with Crippen molar-refractivity contribution in [2.45, 2.75) is 6.54 Å². The molecule has 1 heterocycles. The number of rotatable bonds is 4. The highest BCUT2D eigenvalue weighted by atomic mass is 35.5. The fraction of sp³-hybridized carbons (Fsp3) is 0.0526. The summed E-state index contributed by atoms with van der Waals surface area (Å²) in [6.45, 7) is -0.131. The highest BCUT2D eigenvalue weighted by molar-refractivity contribution is 6.31. The van der Waals surface area contributed by atoms with E-state index >= 15 is 0 Å². The van der Waals surface area contributed by atoms with Gasteiger partial charge < -0.3 is 9.88 Å². The Bertz CT molecular complexity index is 1060. The summed E-state index contributed by atoms with van der Waals surface area (Å²) in [6.07, 6.45) is 1.30. The number of hydrogen-bond donors (Lipinski definition) is 1. The zero-order valence-electron chi connectivity index (χ0n) is 13.7. The first kappa shape index (κ1) is 19.1. The van der Waals surface area contributed by atoms with Gasteiger partial charge in [-0.2, -0.15) is 0 Å². The van der Waals surface area contributed by atoms with E-state index in [0.717, 1.165) is 6.07 Å². The first-order valence-electron chi connectivity index (χ1n) is 7.75. The van der Waals surface area contributed by atoms with E-state index in [4.69, 9.17) is 23.2 Å². The fourth-order valence-corrected chi connectivity index (χ4v) is 2.82. The third-order valence-corrected chi connectivity index (χ3v) is 4.46. The van der Waals surface area contributed by atoms with Crippen molar-refractivity contribution in [1.82, 2.24) is 4.57 Å². The van der Waals surface area contributed by atoms with Gasteiger partial charge in [0.2, 0.25) is 0 Å². The lowest BCUT2D eigenvalue weighted by Crippen LogP contribution is -2.23. The first-order valence-corrected chi connectivity index (χ1v) is 8.50. The highest BCUT2D eigenvalue weighted by Crippen LogP contribution is 2.21. The molecule has 0 atom stereocenters. The molecular weight excluding hydrogens is 397 g/mol. The number of pyridine rings is 1. The molecule has 0 aliphatic heterocycles. The molecule has 0 fully saturated rings. The summed E-state index contributed by atoms with van der Waals surface area (Å²) in [7, 11) is 0. The lowest BCUT2D eigenvalue weighted by molar-refractivity contribution is 0.102. The number of nitrogens with one attached hydrogen (secondary N) is 1. The van der Waals surface area contributed by atoms with Crippen LogP contribution in [-0.4, -0.2) is 10.5 Å². The van der Waals surface area contributed by atoms with Crippen LogP contribution in [0.1, 0.15) is 15.9 Å². The van der Waals surface area contributed by atoms with E-state index in [1.165, 1.54) is 53.2 Å². The molecule has 0 aliphatic rings. The van der Waals surface area contributed by atoms with E-state index in [0.29, 0.717) is 5.69 Å². The Morgan fingerprint density at radius 3 is 2.48 bits per heavy atom. The predicted molar refractivity (Wildman–Crippen MR) is 101 cm³/mol. The lowest BCUT2D eigenvalue weighted by Gasteiger charge is -2.11. The van der Waals surface area contributed by atoms with Crippen molar-refractivity contribution < 1.29 is 13.6 Å². The largest absolute Gasteiger partial charge is 0.322 e. The maximum atomic E-state index is 14.0. The number of aromatic nitrogens is 1. The summed E-state index contributed by atoms with van der Waals surface area (Å²) < 4.78 is 28.3. The quantitative estimate of drug-likeness (QED) is 0.677. The van der Waals surface area contributed by atoms with E-state index in [2.05, 4.69) is 5.32 Å². The topological polar surface area (TPSA) is 51.1 Å². The average molecular weight is 409 g/mol. The Labute approximate surface area is 163 Å². The van der Waals surface area contributed by atoms with Crippen molar-refractivity contribution in [2.75, 3.05) is 5.32 Å². The molecule has 1 N–H and O–H groups in total. The zero-order valence-corrected chi connectivity index (χ0v) is 15.2. The zero-order chi connectivity index (χ0) is 19.6. The Balaban J connectivity index is 1.87. The molecule has 27 heavy (non-hydrogen) atoms. The number of carbonyl (C=O) groups excluding carboxylic acids is 1.